The molecule has 0 fully saturated rings. The Kier molecular flexibility index (Phi) is 7.55. The Morgan fingerprint density at radius 2 is 1.78 bits per heavy atom. The van der Waals surface area contributed by atoms with E-state index in [2.05, 4.69) is 10.6 Å². The lowest BCUT2D eigenvalue weighted by Crippen LogP contribution is -2.39. The van der Waals surface area contributed by atoms with Gasteiger partial charge in [-0.1, -0.05) is 49.4 Å². The number of ketones is 1. The fourth-order valence-electron chi connectivity index (χ4n) is 2.75. The SMILES string of the molecule is CCC(=O)c1cccc(NC(=O)NC(CCC(=O)O)Cc2ccccc2)c1. The maximum absolute atomic E-state index is 12.4. The average molecular weight is 368 g/mol. The van der Waals surface area contributed by atoms with Crippen LogP contribution in [-0.4, -0.2) is 28.9 Å². The highest BCUT2D eigenvalue weighted by atomic mass is 16.4. The zero-order valence-corrected chi connectivity index (χ0v) is 15.3. The fraction of sp³-hybridized carbons (Fsp3) is 0.286. The number of urea groups is 1. The monoisotopic (exact) mass is 368 g/mol. The molecule has 2 amide bonds. The van der Waals surface area contributed by atoms with E-state index >= 15 is 0 Å². The molecule has 0 aliphatic rings. The lowest BCUT2D eigenvalue weighted by atomic mass is 10.0. The van der Waals surface area contributed by atoms with Gasteiger partial charge in [0.15, 0.2) is 5.78 Å². The van der Waals surface area contributed by atoms with Crippen LogP contribution in [0.3, 0.4) is 0 Å². The van der Waals surface area contributed by atoms with Crippen molar-refractivity contribution in [2.75, 3.05) is 5.32 Å². The van der Waals surface area contributed by atoms with E-state index in [4.69, 9.17) is 5.11 Å². The molecule has 2 rings (SSSR count). The Labute approximate surface area is 158 Å². The smallest absolute Gasteiger partial charge is 0.319 e. The van der Waals surface area contributed by atoms with Gasteiger partial charge in [-0.05, 0) is 30.5 Å². The van der Waals surface area contributed by atoms with Crippen LogP contribution in [0.5, 0.6) is 0 Å². The Bertz CT molecular complexity index is 790. The highest BCUT2D eigenvalue weighted by Crippen LogP contribution is 2.13. The minimum Gasteiger partial charge on any atom is -0.481 e. The van der Waals surface area contributed by atoms with Gasteiger partial charge in [-0.2, -0.15) is 0 Å². The van der Waals surface area contributed by atoms with Crippen LogP contribution in [0.4, 0.5) is 10.5 Å². The van der Waals surface area contributed by atoms with Gasteiger partial charge in [0.2, 0.25) is 0 Å². The quantitative estimate of drug-likeness (QED) is 0.585. The van der Waals surface area contributed by atoms with Crippen molar-refractivity contribution >= 4 is 23.5 Å². The summed E-state index contributed by atoms with van der Waals surface area (Å²) in [7, 11) is 0. The Balaban J connectivity index is 2.01. The Morgan fingerprint density at radius 3 is 2.44 bits per heavy atom. The first kappa shape index (κ1) is 20.2. The number of carbonyl (C=O) groups is 3. The van der Waals surface area contributed by atoms with E-state index in [1.165, 1.54) is 0 Å². The van der Waals surface area contributed by atoms with Crippen molar-refractivity contribution in [2.45, 2.75) is 38.6 Å². The summed E-state index contributed by atoms with van der Waals surface area (Å²) in [4.78, 5) is 35.1. The number of nitrogens with one attached hydrogen (secondary N) is 2. The molecule has 0 aromatic heterocycles. The van der Waals surface area contributed by atoms with Gasteiger partial charge in [0.1, 0.15) is 0 Å². The van der Waals surface area contributed by atoms with Crippen molar-refractivity contribution in [3.8, 4) is 0 Å². The third kappa shape index (κ3) is 6.93. The molecule has 0 spiro atoms. The van der Waals surface area contributed by atoms with E-state index in [-0.39, 0.29) is 18.2 Å². The average Bonchev–Trinajstić information content (AvgIpc) is 2.66. The molecule has 142 valence electrons. The van der Waals surface area contributed by atoms with Crippen molar-refractivity contribution in [1.82, 2.24) is 5.32 Å². The van der Waals surface area contributed by atoms with Gasteiger partial charge in [-0.3, -0.25) is 9.59 Å². The summed E-state index contributed by atoms with van der Waals surface area (Å²) in [5.74, 6) is -0.900. The first-order valence-corrected chi connectivity index (χ1v) is 8.94. The first-order valence-electron chi connectivity index (χ1n) is 8.94. The normalized spacial score (nSPS) is 11.4. The van der Waals surface area contributed by atoms with Crippen LogP contribution < -0.4 is 10.6 Å². The summed E-state index contributed by atoms with van der Waals surface area (Å²) in [5.41, 5.74) is 2.08. The molecule has 6 nitrogen and oxygen atoms in total. The van der Waals surface area contributed by atoms with Crippen LogP contribution in [0.15, 0.2) is 54.6 Å². The van der Waals surface area contributed by atoms with Gasteiger partial charge in [0.25, 0.3) is 0 Å². The number of hydrogen-bond acceptors (Lipinski definition) is 3. The van der Waals surface area contributed by atoms with Crippen LogP contribution in [0.2, 0.25) is 0 Å². The second-order valence-electron chi connectivity index (χ2n) is 6.28. The van der Waals surface area contributed by atoms with Crippen LogP contribution in [0.25, 0.3) is 0 Å². The van der Waals surface area contributed by atoms with Crippen molar-refractivity contribution in [1.29, 1.82) is 0 Å². The molecule has 1 atom stereocenters. The van der Waals surface area contributed by atoms with E-state index in [0.29, 0.717) is 30.5 Å². The van der Waals surface area contributed by atoms with Gasteiger partial charge < -0.3 is 15.7 Å². The van der Waals surface area contributed by atoms with E-state index in [1.54, 1.807) is 31.2 Å². The van der Waals surface area contributed by atoms with Crippen molar-refractivity contribution < 1.29 is 19.5 Å². The summed E-state index contributed by atoms with van der Waals surface area (Å²) in [6.07, 6.45) is 1.23. The molecule has 3 N–H and O–H groups in total. The van der Waals surface area contributed by atoms with Crippen LogP contribution in [0.1, 0.15) is 42.1 Å². The number of Topliss-reactive ketones (excluding diaryl/α,β-unsaturated/α-hetero) is 1. The standard InChI is InChI=1S/C21H24N2O4/c1-2-19(24)16-9-6-10-17(14-16)22-21(27)23-18(11-12-20(25)26)13-15-7-4-3-5-8-15/h3-10,14,18H,2,11-13H2,1H3,(H,25,26)(H2,22,23,27). The number of carbonyl (C=O) groups excluding carboxylic acids is 2. The largest absolute Gasteiger partial charge is 0.481 e. The number of carboxylic acids is 1. The molecule has 0 heterocycles. The summed E-state index contributed by atoms with van der Waals surface area (Å²) in [6, 6.07) is 15.6. The first-order chi connectivity index (χ1) is 13.0. The lowest BCUT2D eigenvalue weighted by molar-refractivity contribution is -0.137. The van der Waals surface area contributed by atoms with E-state index in [9.17, 15) is 14.4 Å². The minimum absolute atomic E-state index is 0.00229. The lowest BCUT2D eigenvalue weighted by Gasteiger charge is -2.19. The second kappa shape index (κ2) is 10.1. The third-order valence-electron chi connectivity index (χ3n) is 4.13. The van der Waals surface area contributed by atoms with Crippen LogP contribution in [0, 0.1) is 0 Å². The number of aliphatic carboxylic acids is 1. The molecule has 1 unspecified atom stereocenters. The number of benzene rings is 2. The molecule has 6 heteroatoms. The molecule has 2 aromatic rings. The van der Waals surface area contributed by atoms with Crippen molar-refractivity contribution in [3.05, 3.63) is 65.7 Å². The molecule has 0 aliphatic heterocycles. The Morgan fingerprint density at radius 1 is 1.04 bits per heavy atom. The van der Waals surface area contributed by atoms with Crippen molar-refractivity contribution in [3.63, 3.8) is 0 Å². The molecule has 0 bridgehead atoms. The van der Waals surface area contributed by atoms with E-state index < -0.39 is 12.0 Å². The second-order valence-corrected chi connectivity index (χ2v) is 6.28. The number of carboxylic acid groups (broad SMARTS) is 1. The molecule has 0 radical (unpaired) electrons. The maximum atomic E-state index is 12.4. The number of rotatable bonds is 9. The minimum atomic E-state index is -0.902. The van der Waals surface area contributed by atoms with Gasteiger partial charge >= 0.3 is 12.0 Å². The van der Waals surface area contributed by atoms with Crippen LogP contribution in [-0.2, 0) is 11.2 Å². The predicted octanol–water partition coefficient (Wildman–Crippen LogP) is 3.88. The van der Waals surface area contributed by atoms with Crippen LogP contribution >= 0.6 is 0 Å². The van der Waals surface area contributed by atoms with E-state index in [0.717, 1.165) is 5.56 Å². The topological polar surface area (TPSA) is 95.5 Å². The molecule has 27 heavy (non-hydrogen) atoms. The van der Waals surface area contributed by atoms with Gasteiger partial charge in [0, 0.05) is 30.1 Å². The molecule has 0 saturated heterocycles. The zero-order chi connectivity index (χ0) is 19.6. The molecule has 2 aromatic carbocycles. The van der Waals surface area contributed by atoms with Gasteiger partial charge in [-0.15, -0.1) is 0 Å². The van der Waals surface area contributed by atoms with Gasteiger partial charge in [0.05, 0.1) is 0 Å². The Hall–Kier alpha value is -3.15. The van der Waals surface area contributed by atoms with E-state index in [1.807, 2.05) is 30.3 Å². The third-order valence-corrected chi connectivity index (χ3v) is 4.13. The van der Waals surface area contributed by atoms with Crippen molar-refractivity contribution in [2.24, 2.45) is 0 Å². The molecular weight excluding hydrogens is 344 g/mol. The number of hydrogen-bond donors (Lipinski definition) is 3. The highest BCUT2D eigenvalue weighted by molar-refractivity contribution is 5.98. The predicted molar refractivity (Wildman–Crippen MR) is 104 cm³/mol. The summed E-state index contributed by atoms with van der Waals surface area (Å²) in [6.45, 7) is 1.78. The number of amides is 2. The summed E-state index contributed by atoms with van der Waals surface area (Å²) >= 11 is 0. The molecule has 0 aliphatic carbocycles. The number of anilines is 1. The highest BCUT2D eigenvalue weighted by Gasteiger charge is 2.15. The molecular formula is C21H24N2O4. The fourth-order valence-corrected chi connectivity index (χ4v) is 2.75. The molecule has 0 saturated carbocycles. The zero-order valence-electron chi connectivity index (χ0n) is 15.3. The van der Waals surface area contributed by atoms with Gasteiger partial charge in [-0.25, -0.2) is 4.79 Å². The summed E-state index contributed by atoms with van der Waals surface area (Å²) in [5, 5.41) is 14.5. The maximum Gasteiger partial charge on any atom is 0.319 e. The summed E-state index contributed by atoms with van der Waals surface area (Å²) < 4.78 is 0.